The van der Waals surface area contributed by atoms with E-state index in [1.807, 2.05) is 30.3 Å². The second-order valence-electron chi connectivity index (χ2n) is 4.19. The number of hydrogen-bond donors (Lipinski definition) is 1. The Morgan fingerprint density at radius 1 is 1.05 bits per heavy atom. The van der Waals surface area contributed by atoms with Crippen molar-refractivity contribution in [1.29, 1.82) is 5.26 Å². The molecule has 0 aliphatic carbocycles. The number of rotatable bonds is 5. The Morgan fingerprint density at radius 2 is 1.80 bits per heavy atom. The molecule has 102 valence electrons. The number of hydrogen-bond acceptors (Lipinski definition) is 4. The van der Waals surface area contributed by atoms with Crippen LogP contribution in [0.3, 0.4) is 0 Å². The smallest absolute Gasteiger partial charge is 0.141 e. The second kappa shape index (κ2) is 6.48. The number of benzene rings is 2. The Hall–Kier alpha value is -2.67. The lowest BCUT2D eigenvalue weighted by molar-refractivity contribution is 0.409. The Labute approximate surface area is 118 Å². The molecule has 0 saturated carbocycles. The summed E-state index contributed by atoms with van der Waals surface area (Å²) in [6.07, 6.45) is 0. The zero-order valence-electron chi connectivity index (χ0n) is 11.5. The number of anilines is 1. The van der Waals surface area contributed by atoms with Crippen molar-refractivity contribution >= 4 is 5.69 Å². The van der Waals surface area contributed by atoms with Gasteiger partial charge in [0.2, 0.25) is 0 Å². The first-order valence-electron chi connectivity index (χ1n) is 6.22. The summed E-state index contributed by atoms with van der Waals surface area (Å²) in [7, 11) is 3.26. The van der Waals surface area contributed by atoms with Gasteiger partial charge in [0.05, 0.1) is 31.5 Å². The summed E-state index contributed by atoms with van der Waals surface area (Å²) in [4.78, 5) is 0. The van der Waals surface area contributed by atoms with Gasteiger partial charge in [0.1, 0.15) is 11.5 Å². The lowest BCUT2D eigenvalue weighted by Crippen LogP contribution is -2.03. The minimum atomic E-state index is 0.555. The molecule has 1 N–H and O–H groups in total. The average Bonchev–Trinajstić information content (AvgIpc) is 2.52. The highest BCUT2D eigenvalue weighted by Gasteiger charge is 2.06. The van der Waals surface area contributed by atoms with Crippen LogP contribution in [0.25, 0.3) is 0 Å². The molecule has 0 radical (unpaired) electrons. The minimum absolute atomic E-state index is 0.555. The van der Waals surface area contributed by atoms with Crippen LogP contribution in [0.2, 0.25) is 0 Å². The van der Waals surface area contributed by atoms with Gasteiger partial charge in [-0.1, -0.05) is 12.1 Å². The normalized spacial score (nSPS) is 9.65. The molecule has 4 nitrogen and oxygen atoms in total. The van der Waals surface area contributed by atoms with Crippen LogP contribution in [0.1, 0.15) is 11.1 Å². The van der Waals surface area contributed by atoms with Crippen molar-refractivity contribution in [1.82, 2.24) is 0 Å². The van der Waals surface area contributed by atoms with Crippen LogP contribution in [0, 0.1) is 11.3 Å². The number of para-hydroxylation sites is 2. The molecule has 2 aromatic rings. The van der Waals surface area contributed by atoms with Gasteiger partial charge in [-0.25, -0.2) is 0 Å². The van der Waals surface area contributed by atoms with E-state index in [2.05, 4.69) is 11.4 Å². The molecule has 2 rings (SSSR count). The third-order valence-corrected chi connectivity index (χ3v) is 2.99. The fourth-order valence-corrected chi connectivity index (χ4v) is 1.97. The van der Waals surface area contributed by atoms with Crippen LogP contribution in [0.15, 0.2) is 42.5 Å². The van der Waals surface area contributed by atoms with Gasteiger partial charge in [-0.3, -0.25) is 0 Å². The van der Waals surface area contributed by atoms with E-state index < -0.39 is 0 Å². The van der Waals surface area contributed by atoms with E-state index in [0.717, 1.165) is 22.7 Å². The van der Waals surface area contributed by atoms with Crippen molar-refractivity contribution in [3.63, 3.8) is 0 Å². The van der Waals surface area contributed by atoms with Gasteiger partial charge >= 0.3 is 0 Å². The van der Waals surface area contributed by atoms with Gasteiger partial charge in [0.25, 0.3) is 0 Å². The van der Waals surface area contributed by atoms with Crippen LogP contribution in [0.5, 0.6) is 11.5 Å². The molecule has 0 aliphatic rings. The molecule has 2 aromatic carbocycles. The standard InChI is InChI=1S/C16H16N2O2/c1-19-15-8-7-12(10-17)9-13(15)11-18-14-5-3-4-6-16(14)20-2/h3-9,18H,11H2,1-2H3. The zero-order valence-corrected chi connectivity index (χ0v) is 11.5. The molecule has 0 unspecified atom stereocenters. The van der Waals surface area contributed by atoms with Crippen molar-refractivity contribution in [3.05, 3.63) is 53.6 Å². The van der Waals surface area contributed by atoms with Crippen LogP contribution in [-0.4, -0.2) is 14.2 Å². The summed E-state index contributed by atoms with van der Waals surface area (Å²) in [5.74, 6) is 1.54. The molecule has 0 fully saturated rings. The molecule has 0 saturated heterocycles. The average molecular weight is 268 g/mol. The number of nitriles is 1. The summed E-state index contributed by atoms with van der Waals surface area (Å²) in [5, 5.41) is 12.3. The predicted octanol–water partition coefficient (Wildman–Crippen LogP) is 3.19. The highest BCUT2D eigenvalue weighted by molar-refractivity contribution is 5.57. The first-order chi connectivity index (χ1) is 9.78. The number of ether oxygens (including phenoxy) is 2. The predicted molar refractivity (Wildman–Crippen MR) is 78.0 cm³/mol. The Balaban J connectivity index is 2.20. The molecular weight excluding hydrogens is 252 g/mol. The SMILES string of the molecule is COc1ccc(C#N)cc1CNc1ccccc1OC. The number of nitrogens with one attached hydrogen (secondary N) is 1. The lowest BCUT2D eigenvalue weighted by Gasteiger charge is -2.13. The topological polar surface area (TPSA) is 54.3 Å². The van der Waals surface area contributed by atoms with Crippen LogP contribution < -0.4 is 14.8 Å². The van der Waals surface area contributed by atoms with E-state index in [9.17, 15) is 0 Å². The van der Waals surface area contributed by atoms with Gasteiger partial charge < -0.3 is 14.8 Å². The maximum Gasteiger partial charge on any atom is 0.141 e. The Morgan fingerprint density at radius 3 is 2.50 bits per heavy atom. The summed E-state index contributed by atoms with van der Waals surface area (Å²) in [6.45, 7) is 0.555. The Kier molecular flexibility index (Phi) is 4.46. The van der Waals surface area contributed by atoms with Crippen molar-refractivity contribution in [2.75, 3.05) is 19.5 Å². The van der Waals surface area contributed by atoms with Crippen molar-refractivity contribution in [3.8, 4) is 17.6 Å². The first kappa shape index (κ1) is 13.8. The Bertz CT molecular complexity index is 633. The van der Waals surface area contributed by atoms with E-state index in [1.165, 1.54) is 0 Å². The van der Waals surface area contributed by atoms with Gasteiger partial charge in [-0.05, 0) is 30.3 Å². The fourth-order valence-electron chi connectivity index (χ4n) is 1.97. The highest BCUT2D eigenvalue weighted by Crippen LogP contribution is 2.26. The molecule has 0 amide bonds. The minimum Gasteiger partial charge on any atom is -0.496 e. The second-order valence-corrected chi connectivity index (χ2v) is 4.19. The maximum absolute atomic E-state index is 8.96. The molecule has 0 aromatic heterocycles. The summed E-state index contributed by atoms with van der Waals surface area (Å²) < 4.78 is 10.6. The van der Waals surface area contributed by atoms with E-state index in [4.69, 9.17) is 14.7 Å². The van der Waals surface area contributed by atoms with Crippen LogP contribution >= 0.6 is 0 Å². The molecule has 0 spiro atoms. The molecule has 4 heteroatoms. The van der Waals surface area contributed by atoms with E-state index in [0.29, 0.717) is 12.1 Å². The molecule has 0 bridgehead atoms. The van der Waals surface area contributed by atoms with Crippen molar-refractivity contribution in [2.45, 2.75) is 6.54 Å². The van der Waals surface area contributed by atoms with Crippen LogP contribution in [-0.2, 0) is 6.54 Å². The van der Waals surface area contributed by atoms with E-state index >= 15 is 0 Å². The van der Waals surface area contributed by atoms with Gasteiger partial charge in [0, 0.05) is 12.1 Å². The monoisotopic (exact) mass is 268 g/mol. The molecule has 0 aliphatic heterocycles. The largest absolute Gasteiger partial charge is 0.496 e. The van der Waals surface area contributed by atoms with Gasteiger partial charge in [-0.15, -0.1) is 0 Å². The molecular formula is C16H16N2O2. The molecule has 0 atom stereocenters. The third kappa shape index (κ3) is 3.01. The molecule has 0 heterocycles. The van der Waals surface area contributed by atoms with E-state index in [-0.39, 0.29) is 0 Å². The summed E-state index contributed by atoms with van der Waals surface area (Å²) >= 11 is 0. The van der Waals surface area contributed by atoms with Crippen LogP contribution in [0.4, 0.5) is 5.69 Å². The van der Waals surface area contributed by atoms with Gasteiger partial charge in [-0.2, -0.15) is 5.26 Å². The first-order valence-corrected chi connectivity index (χ1v) is 6.22. The number of methoxy groups -OCH3 is 2. The highest BCUT2D eigenvalue weighted by atomic mass is 16.5. The van der Waals surface area contributed by atoms with E-state index in [1.54, 1.807) is 26.4 Å². The number of nitrogens with zero attached hydrogens (tertiary/aromatic N) is 1. The fraction of sp³-hybridized carbons (Fsp3) is 0.188. The zero-order chi connectivity index (χ0) is 14.4. The summed E-state index contributed by atoms with van der Waals surface area (Å²) in [5.41, 5.74) is 2.44. The lowest BCUT2D eigenvalue weighted by atomic mass is 10.1. The third-order valence-electron chi connectivity index (χ3n) is 2.99. The van der Waals surface area contributed by atoms with Crippen molar-refractivity contribution < 1.29 is 9.47 Å². The summed E-state index contributed by atoms with van der Waals surface area (Å²) in [6, 6.07) is 15.2. The maximum atomic E-state index is 8.96. The quantitative estimate of drug-likeness (QED) is 0.904. The van der Waals surface area contributed by atoms with Crippen molar-refractivity contribution in [2.24, 2.45) is 0 Å². The van der Waals surface area contributed by atoms with Gasteiger partial charge in [0.15, 0.2) is 0 Å². The molecule has 20 heavy (non-hydrogen) atoms.